The second-order valence-electron chi connectivity index (χ2n) is 11.2. The van der Waals surface area contributed by atoms with Gasteiger partial charge < -0.3 is 32.7 Å². The summed E-state index contributed by atoms with van der Waals surface area (Å²) in [5.74, 6) is 0. The summed E-state index contributed by atoms with van der Waals surface area (Å²) in [6.07, 6.45) is -3.19. The molecule has 0 aliphatic carbocycles. The van der Waals surface area contributed by atoms with E-state index >= 15 is 0 Å². The van der Waals surface area contributed by atoms with Gasteiger partial charge in [-0.15, -0.1) is 0 Å². The molecule has 0 aromatic heterocycles. The van der Waals surface area contributed by atoms with Crippen LogP contribution < -0.4 is 0 Å². The SMILES string of the molecule is COP(=O)(C[C@H]1O[C@H](COCc2ccccc2)[C@@H](OCc2ccccc2)[C@H](OCc2ccccc2)[C@@H]1OCc1ccccc1)OC. The molecule has 1 heterocycles. The Morgan fingerprint density at radius 1 is 0.522 bits per heavy atom. The molecular weight excluding hydrogens is 603 g/mol. The standard InChI is InChI=1S/C37H43O8P/c1-39-46(38,40-2)28-34-36(43-25-31-19-11-5-12-20-31)37(44-26-32-21-13-6-14-22-32)35(42-24-30-17-9-4-10-18-30)33(45-34)27-41-23-29-15-7-3-8-16-29/h3-22,33-37H,23-28H2,1-2H3/t33-,34-,35-,36-,37+/m1/s1. The fraction of sp³-hybridized carbons (Fsp3) is 0.351. The maximum atomic E-state index is 13.5. The summed E-state index contributed by atoms with van der Waals surface area (Å²) in [6.45, 7) is 1.56. The zero-order valence-corrected chi connectivity index (χ0v) is 27.3. The Hall–Kier alpha value is -3.17. The van der Waals surface area contributed by atoms with Crippen molar-refractivity contribution >= 4 is 7.60 Å². The van der Waals surface area contributed by atoms with E-state index in [4.69, 9.17) is 32.7 Å². The highest BCUT2D eigenvalue weighted by atomic mass is 31.2. The molecule has 0 bridgehead atoms. The Bertz CT molecular complexity index is 1450. The first-order valence-corrected chi connectivity index (χ1v) is 17.2. The van der Waals surface area contributed by atoms with Crippen molar-refractivity contribution in [2.45, 2.75) is 56.9 Å². The van der Waals surface area contributed by atoms with Gasteiger partial charge in [0.15, 0.2) is 0 Å². The smallest absolute Gasteiger partial charge is 0.332 e. The van der Waals surface area contributed by atoms with Gasteiger partial charge in [-0.3, -0.25) is 4.57 Å². The topological polar surface area (TPSA) is 81.7 Å². The number of hydrogen-bond donors (Lipinski definition) is 0. The number of ether oxygens (including phenoxy) is 5. The minimum atomic E-state index is -3.51. The van der Waals surface area contributed by atoms with E-state index in [1.807, 2.05) is 121 Å². The van der Waals surface area contributed by atoms with E-state index in [-0.39, 0.29) is 12.8 Å². The van der Waals surface area contributed by atoms with Gasteiger partial charge in [-0.25, -0.2) is 0 Å². The van der Waals surface area contributed by atoms with Crippen molar-refractivity contribution in [2.24, 2.45) is 0 Å². The summed E-state index contributed by atoms with van der Waals surface area (Å²) >= 11 is 0. The average Bonchev–Trinajstić information content (AvgIpc) is 3.11. The van der Waals surface area contributed by atoms with Crippen molar-refractivity contribution in [3.05, 3.63) is 144 Å². The molecule has 1 aliphatic rings. The molecule has 0 spiro atoms. The fourth-order valence-corrected chi connectivity index (χ4v) is 6.66. The van der Waals surface area contributed by atoms with E-state index in [1.165, 1.54) is 14.2 Å². The van der Waals surface area contributed by atoms with Gasteiger partial charge in [-0.05, 0) is 22.3 Å². The van der Waals surface area contributed by atoms with Crippen LogP contribution in [0.1, 0.15) is 22.3 Å². The third kappa shape index (κ3) is 9.91. The lowest BCUT2D eigenvalue weighted by Crippen LogP contribution is -2.62. The van der Waals surface area contributed by atoms with Crippen molar-refractivity contribution < 1.29 is 37.3 Å². The summed E-state index contributed by atoms with van der Waals surface area (Å²) in [5, 5.41) is 0. The maximum Gasteiger partial charge on any atom is 0.332 e. The van der Waals surface area contributed by atoms with Crippen LogP contribution in [0.2, 0.25) is 0 Å². The molecule has 1 fully saturated rings. The van der Waals surface area contributed by atoms with Gasteiger partial charge in [0.25, 0.3) is 0 Å². The number of benzene rings is 4. The van der Waals surface area contributed by atoms with E-state index in [0.717, 1.165) is 22.3 Å². The lowest BCUT2D eigenvalue weighted by Gasteiger charge is -2.46. The summed E-state index contributed by atoms with van der Waals surface area (Å²) in [5.41, 5.74) is 4.05. The lowest BCUT2D eigenvalue weighted by molar-refractivity contribution is -0.268. The van der Waals surface area contributed by atoms with Crippen LogP contribution in [0.5, 0.6) is 0 Å². The maximum absolute atomic E-state index is 13.5. The Balaban J connectivity index is 1.47. The molecule has 1 aliphatic heterocycles. The Morgan fingerprint density at radius 3 is 1.30 bits per heavy atom. The van der Waals surface area contributed by atoms with Crippen molar-refractivity contribution in [1.29, 1.82) is 0 Å². The predicted octanol–water partition coefficient (Wildman–Crippen LogP) is 7.21. The van der Waals surface area contributed by atoms with Gasteiger partial charge in [0, 0.05) is 14.2 Å². The largest absolute Gasteiger partial charge is 0.374 e. The minimum Gasteiger partial charge on any atom is -0.374 e. The molecule has 244 valence electrons. The number of rotatable bonds is 17. The second-order valence-corrected chi connectivity index (χ2v) is 13.5. The highest BCUT2D eigenvalue weighted by Crippen LogP contribution is 2.49. The lowest BCUT2D eigenvalue weighted by atomic mass is 9.94. The van der Waals surface area contributed by atoms with Gasteiger partial charge in [0.1, 0.15) is 24.4 Å². The van der Waals surface area contributed by atoms with E-state index < -0.39 is 38.1 Å². The Labute approximate surface area is 272 Å². The van der Waals surface area contributed by atoms with Crippen molar-refractivity contribution in [3.63, 3.8) is 0 Å². The molecule has 9 heteroatoms. The third-order valence-corrected chi connectivity index (χ3v) is 9.86. The second kappa shape index (κ2) is 17.7. The molecule has 4 aromatic carbocycles. The van der Waals surface area contributed by atoms with Gasteiger partial charge in [0.05, 0.1) is 45.3 Å². The van der Waals surface area contributed by atoms with Gasteiger partial charge in [-0.1, -0.05) is 121 Å². The van der Waals surface area contributed by atoms with Gasteiger partial charge in [0.2, 0.25) is 0 Å². The molecule has 4 aromatic rings. The third-order valence-electron chi connectivity index (χ3n) is 7.94. The van der Waals surface area contributed by atoms with Crippen LogP contribution >= 0.6 is 7.60 Å². The molecule has 0 unspecified atom stereocenters. The van der Waals surface area contributed by atoms with Crippen LogP contribution in [0.25, 0.3) is 0 Å². The molecule has 0 saturated carbocycles. The van der Waals surface area contributed by atoms with Crippen LogP contribution in [0.15, 0.2) is 121 Å². The molecular formula is C37H43O8P. The van der Waals surface area contributed by atoms with E-state index in [0.29, 0.717) is 26.4 Å². The summed E-state index contributed by atoms with van der Waals surface area (Å²) in [6, 6.07) is 39.8. The molecule has 5 atom stereocenters. The quantitative estimate of drug-likeness (QED) is 0.111. The van der Waals surface area contributed by atoms with E-state index in [9.17, 15) is 4.57 Å². The summed E-state index contributed by atoms with van der Waals surface area (Å²) in [7, 11) is -0.756. The molecule has 8 nitrogen and oxygen atoms in total. The highest BCUT2D eigenvalue weighted by molar-refractivity contribution is 7.53. The molecule has 0 N–H and O–H groups in total. The van der Waals surface area contributed by atoms with Crippen molar-refractivity contribution in [3.8, 4) is 0 Å². The van der Waals surface area contributed by atoms with Crippen molar-refractivity contribution in [2.75, 3.05) is 27.0 Å². The Kier molecular flexibility index (Phi) is 13.1. The molecule has 1 saturated heterocycles. The minimum absolute atomic E-state index is 0.0365. The predicted molar refractivity (Wildman–Crippen MR) is 176 cm³/mol. The zero-order valence-electron chi connectivity index (χ0n) is 26.4. The summed E-state index contributed by atoms with van der Waals surface area (Å²) in [4.78, 5) is 0. The van der Waals surface area contributed by atoms with E-state index in [2.05, 4.69) is 0 Å². The van der Waals surface area contributed by atoms with Gasteiger partial charge in [-0.2, -0.15) is 0 Å². The van der Waals surface area contributed by atoms with Gasteiger partial charge >= 0.3 is 7.60 Å². The van der Waals surface area contributed by atoms with Crippen LogP contribution in [-0.4, -0.2) is 57.5 Å². The first-order valence-electron chi connectivity index (χ1n) is 15.5. The first kappa shape index (κ1) is 34.2. The molecule has 0 radical (unpaired) electrons. The summed E-state index contributed by atoms with van der Waals surface area (Å²) < 4.78 is 57.2. The highest BCUT2D eigenvalue weighted by Gasteiger charge is 2.50. The normalized spacial score (nSPS) is 21.7. The number of hydrogen-bond acceptors (Lipinski definition) is 8. The zero-order chi connectivity index (χ0) is 32.0. The van der Waals surface area contributed by atoms with Crippen LogP contribution in [-0.2, 0) is 63.7 Å². The van der Waals surface area contributed by atoms with Crippen LogP contribution in [0, 0.1) is 0 Å². The van der Waals surface area contributed by atoms with Crippen LogP contribution in [0.4, 0.5) is 0 Å². The van der Waals surface area contributed by atoms with Crippen molar-refractivity contribution in [1.82, 2.24) is 0 Å². The molecule has 5 rings (SSSR count). The molecule has 46 heavy (non-hydrogen) atoms. The van der Waals surface area contributed by atoms with Crippen LogP contribution in [0.3, 0.4) is 0 Å². The monoisotopic (exact) mass is 646 g/mol. The average molecular weight is 647 g/mol. The first-order chi connectivity index (χ1) is 22.6. The molecule has 0 amide bonds. The fourth-order valence-electron chi connectivity index (χ4n) is 5.48. The Morgan fingerprint density at radius 2 is 0.891 bits per heavy atom. The van der Waals surface area contributed by atoms with E-state index in [1.54, 1.807) is 0 Å².